The van der Waals surface area contributed by atoms with Gasteiger partial charge in [0.1, 0.15) is 6.04 Å². The molecule has 4 amide bonds. The molecule has 1 aromatic carbocycles. The van der Waals surface area contributed by atoms with E-state index >= 15 is 0 Å². The zero-order valence-electron chi connectivity index (χ0n) is 13.5. The number of piperidine rings is 1. The lowest BCUT2D eigenvalue weighted by Gasteiger charge is -2.27. The molecule has 1 unspecified atom stereocenters. The molecule has 0 spiro atoms. The molecular formula is C17H18N4O4. The summed E-state index contributed by atoms with van der Waals surface area (Å²) in [7, 11) is 0. The molecule has 0 radical (unpaired) electrons. The molecule has 3 atom stereocenters. The first-order chi connectivity index (χ1) is 12.0. The van der Waals surface area contributed by atoms with Crippen molar-refractivity contribution in [1.29, 1.82) is 0 Å². The average molecular weight is 342 g/mol. The summed E-state index contributed by atoms with van der Waals surface area (Å²) in [5.41, 5.74) is 7.23. The minimum Gasteiger partial charge on any atom is -0.326 e. The fraction of sp³-hybridized carbons (Fsp3) is 0.412. The molecule has 25 heavy (non-hydrogen) atoms. The van der Waals surface area contributed by atoms with Gasteiger partial charge >= 0.3 is 0 Å². The quantitative estimate of drug-likeness (QED) is 0.621. The SMILES string of the molecule is N[C@@H]1C[C@@H]1NCc1ccc2c(c1)C(=O)N(C1CCC(=O)NC1=O)C2=O. The number of hydrogen-bond acceptors (Lipinski definition) is 6. The molecule has 2 heterocycles. The number of carbonyl (C=O) groups excluding carboxylic acids is 4. The number of fused-ring (bicyclic) bond motifs is 1. The fourth-order valence-electron chi connectivity index (χ4n) is 3.33. The highest BCUT2D eigenvalue weighted by molar-refractivity contribution is 6.23. The number of nitrogens with zero attached hydrogens (tertiary/aromatic N) is 1. The maximum Gasteiger partial charge on any atom is 0.262 e. The molecule has 4 rings (SSSR count). The van der Waals surface area contributed by atoms with Gasteiger partial charge in [-0.15, -0.1) is 0 Å². The van der Waals surface area contributed by atoms with Crippen molar-refractivity contribution in [3.05, 3.63) is 34.9 Å². The average Bonchev–Trinajstić information content (AvgIpc) is 3.23. The lowest BCUT2D eigenvalue weighted by atomic mass is 10.0. The van der Waals surface area contributed by atoms with Crippen LogP contribution in [0.2, 0.25) is 0 Å². The van der Waals surface area contributed by atoms with Crippen LogP contribution in [0, 0.1) is 0 Å². The molecule has 130 valence electrons. The van der Waals surface area contributed by atoms with Gasteiger partial charge in [-0.05, 0) is 30.5 Å². The Morgan fingerprint density at radius 1 is 1.16 bits per heavy atom. The Balaban J connectivity index is 1.54. The van der Waals surface area contributed by atoms with Crippen LogP contribution in [0.4, 0.5) is 0 Å². The number of nitrogens with one attached hydrogen (secondary N) is 2. The Labute approximate surface area is 143 Å². The highest BCUT2D eigenvalue weighted by Crippen LogP contribution is 2.28. The van der Waals surface area contributed by atoms with Gasteiger partial charge in [-0.2, -0.15) is 0 Å². The predicted molar refractivity (Wildman–Crippen MR) is 86.3 cm³/mol. The van der Waals surface area contributed by atoms with Crippen LogP contribution in [0.15, 0.2) is 18.2 Å². The molecule has 2 aliphatic heterocycles. The van der Waals surface area contributed by atoms with E-state index in [9.17, 15) is 19.2 Å². The van der Waals surface area contributed by atoms with E-state index in [0.29, 0.717) is 23.7 Å². The van der Waals surface area contributed by atoms with Crippen LogP contribution in [0.25, 0.3) is 0 Å². The van der Waals surface area contributed by atoms with Gasteiger partial charge in [0.05, 0.1) is 11.1 Å². The van der Waals surface area contributed by atoms with Crippen molar-refractivity contribution >= 4 is 23.6 Å². The van der Waals surface area contributed by atoms with Gasteiger partial charge in [-0.3, -0.25) is 29.4 Å². The topological polar surface area (TPSA) is 122 Å². The van der Waals surface area contributed by atoms with E-state index in [0.717, 1.165) is 16.9 Å². The zero-order valence-corrected chi connectivity index (χ0v) is 13.5. The fourth-order valence-corrected chi connectivity index (χ4v) is 3.33. The number of amides is 4. The Bertz CT molecular complexity index is 806. The minimum atomic E-state index is -0.934. The first-order valence-electron chi connectivity index (χ1n) is 8.29. The normalized spacial score (nSPS) is 28.2. The number of imide groups is 2. The Morgan fingerprint density at radius 3 is 2.56 bits per heavy atom. The summed E-state index contributed by atoms with van der Waals surface area (Å²) in [6, 6.07) is 4.63. The van der Waals surface area contributed by atoms with Crippen molar-refractivity contribution < 1.29 is 19.2 Å². The summed E-state index contributed by atoms with van der Waals surface area (Å²) >= 11 is 0. The van der Waals surface area contributed by atoms with E-state index < -0.39 is 23.8 Å². The minimum absolute atomic E-state index is 0.112. The lowest BCUT2D eigenvalue weighted by Crippen LogP contribution is -2.54. The number of rotatable bonds is 4. The van der Waals surface area contributed by atoms with Gasteiger partial charge in [0.2, 0.25) is 11.8 Å². The van der Waals surface area contributed by atoms with Crippen LogP contribution in [0.3, 0.4) is 0 Å². The first-order valence-corrected chi connectivity index (χ1v) is 8.29. The van der Waals surface area contributed by atoms with Crippen LogP contribution < -0.4 is 16.4 Å². The van der Waals surface area contributed by atoms with Crippen molar-refractivity contribution in [3.63, 3.8) is 0 Å². The highest BCUT2D eigenvalue weighted by atomic mass is 16.2. The first kappa shape index (κ1) is 15.9. The number of hydrogen-bond donors (Lipinski definition) is 3. The van der Waals surface area contributed by atoms with Gasteiger partial charge in [-0.1, -0.05) is 6.07 Å². The second kappa shape index (κ2) is 5.75. The van der Waals surface area contributed by atoms with E-state index in [1.165, 1.54) is 0 Å². The molecule has 8 heteroatoms. The van der Waals surface area contributed by atoms with Gasteiger partial charge < -0.3 is 11.1 Å². The predicted octanol–water partition coefficient (Wildman–Crippen LogP) is -0.723. The zero-order chi connectivity index (χ0) is 17.7. The van der Waals surface area contributed by atoms with E-state index in [4.69, 9.17) is 5.73 Å². The van der Waals surface area contributed by atoms with Gasteiger partial charge in [0.25, 0.3) is 11.8 Å². The van der Waals surface area contributed by atoms with Gasteiger partial charge in [0, 0.05) is 25.0 Å². The molecule has 1 aliphatic carbocycles. The number of carbonyl (C=O) groups is 4. The van der Waals surface area contributed by atoms with Crippen molar-refractivity contribution in [2.45, 2.75) is 43.9 Å². The van der Waals surface area contributed by atoms with Crippen molar-refractivity contribution in [2.24, 2.45) is 5.73 Å². The third-order valence-corrected chi connectivity index (χ3v) is 4.91. The van der Waals surface area contributed by atoms with Crippen LogP contribution in [-0.4, -0.2) is 46.7 Å². The Morgan fingerprint density at radius 2 is 1.88 bits per heavy atom. The van der Waals surface area contributed by atoms with Crippen LogP contribution >= 0.6 is 0 Å². The monoisotopic (exact) mass is 342 g/mol. The molecule has 2 fully saturated rings. The van der Waals surface area contributed by atoms with E-state index in [2.05, 4.69) is 10.6 Å². The van der Waals surface area contributed by atoms with E-state index in [1.54, 1.807) is 18.2 Å². The van der Waals surface area contributed by atoms with E-state index in [1.807, 2.05) is 0 Å². The standard InChI is InChI=1S/C17H18N4O4/c18-11-6-12(11)19-7-8-1-2-9-10(5-8)17(25)21(16(9)24)13-3-4-14(22)20-15(13)23/h1-2,5,11-13,19H,3-4,6-7,18H2,(H,20,22,23)/t11-,12+,13?/m1/s1. The van der Waals surface area contributed by atoms with Crippen molar-refractivity contribution in [2.75, 3.05) is 0 Å². The Kier molecular flexibility index (Phi) is 3.66. The highest BCUT2D eigenvalue weighted by Gasteiger charge is 2.44. The maximum atomic E-state index is 12.7. The molecule has 1 saturated carbocycles. The summed E-state index contributed by atoms with van der Waals surface area (Å²) in [6.07, 6.45) is 1.20. The summed E-state index contributed by atoms with van der Waals surface area (Å²) in [5, 5.41) is 5.47. The summed E-state index contributed by atoms with van der Waals surface area (Å²) in [4.78, 5) is 49.5. The van der Waals surface area contributed by atoms with Crippen molar-refractivity contribution in [3.8, 4) is 0 Å². The summed E-state index contributed by atoms with van der Waals surface area (Å²) in [6.45, 7) is 0.561. The second-order valence-corrected chi connectivity index (χ2v) is 6.71. The molecular weight excluding hydrogens is 324 g/mol. The molecule has 1 saturated heterocycles. The van der Waals surface area contributed by atoms with E-state index in [-0.39, 0.29) is 24.8 Å². The molecule has 1 aromatic rings. The summed E-state index contributed by atoms with van der Waals surface area (Å²) in [5.74, 6) is -1.96. The number of benzene rings is 1. The molecule has 8 nitrogen and oxygen atoms in total. The van der Waals surface area contributed by atoms with Crippen LogP contribution in [0.5, 0.6) is 0 Å². The molecule has 0 aromatic heterocycles. The Hall–Kier alpha value is -2.58. The molecule has 0 bridgehead atoms. The van der Waals surface area contributed by atoms with Gasteiger partial charge in [-0.25, -0.2) is 0 Å². The lowest BCUT2D eigenvalue weighted by molar-refractivity contribution is -0.136. The van der Waals surface area contributed by atoms with Crippen LogP contribution in [0.1, 0.15) is 45.5 Å². The number of nitrogens with two attached hydrogens (primary N) is 1. The molecule has 4 N–H and O–H groups in total. The third kappa shape index (κ3) is 2.73. The third-order valence-electron chi connectivity index (χ3n) is 4.91. The largest absolute Gasteiger partial charge is 0.326 e. The van der Waals surface area contributed by atoms with Crippen molar-refractivity contribution in [1.82, 2.24) is 15.5 Å². The van der Waals surface area contributed by atoms with Crippen LogP contribution in [-0.2, 0) is 16.1 Å². The maximum absolute atomic E-state index is 12.7. The summed E-state index contributed by atoms with van der Waals surface area (Å²) < 4.78 is 0. The van der Waals surface area contributed by atoms with Gasteiger partial charge in [0.15, 0.2) is 0 Å². The molecule has 3 aliphatic rings. The second-order valence-electron chi connectivity index (χ2n) is 6.71. The smallest absolute Gasteiger partial charge is 0.262 e.